The number of rotatable bonds is 6. The molecule has 2 aliphatic rings. The fourth-order valence-electron chi connectivity index (χ4n) is 4.45. The minimum absolute atomic E-state index is 0.0597. The van der Waals surface area contributed by atoms with Crippen LogP contribution in [0.1, 0.15) is 41.0 Å². The molecule has 2 heterocycles. The van der Waals surface area contributed by atoms with Crippen LogP contribution in [-0.2, 0) is 16.6 Å². The van der Waals surface area contributed by atoms with E-state index in [1.807, 2.05) is 36.4 Å². The van der Waals surface area contributed by atoms with Crippen LogP contribution in [0.5, 0.6) is 5.75 Å². The number of carbonyl (C=O) groups excluding carboxylic acids is 2. The van der Waals surface area contributed by atoms with Gasteiger partial charge in [0.05, 0.1) is 18.5 Å². The highest BCUT2D eigenvalue weighted by atomic mass is 16.5. The largest absolute Gasteiger partial charge is 0.497 e. The minimum Gasteiger partial charge on any atom is -0.497 e. The van der Waals surface area contributed by atoms with E-state index in [1.165, 1.54) is 0 Å². The normalized spacial score (nSPS) is 16.3. The second-order valence-corrected chi connectivity index (χ2v) is 8.99. The summed E-state index contributed by atoms with van der Waals surface area (Å²) in [5.74, 6) is 0.768. The van der Waals surface area contributed by atoms with Gasteiger partial charge in [0.1, 0.15) is 5.75 Å². The first kappa shape index (κ1) is 21.2. The Kier molecular flexibility index (Phi) is 5.15. The van der Waals surface area contributed by atoms with E-state index in [0.29, 0.717) is 30.8 Å². The highest BCUT2D eigenvalue weighted by Gasteiger charge is 2.46. The predicted octanol–water partition coefficient (Wildman–Crippen LogP) is 2.99. The molecule has 0 bridgehead atoms. The maximum Gasteiger partial charge on any atom is 0.278 e. The standard InChI is InChI=1S/C25H27N5O3/c1-28(2)22(31)16-25(13-14-25)17-4-6-18(7-5-17)29-15-12-21-23(24(29)32)30(27-26-21)19-8-10-20(33-3)11-9-19/h4-11H,12-16H2,1-3H3. The number of anilines is 1. The molecule has 170 valence electrons. The van der Waals surface area contributed by atoms with E-state index in [2.05, 4.69) is 22.4 Å². The van der Waals surface area contributed by atoms with Crippen LogP contribution in [0.3, 0.4) is 0 Å². The molecule has 8 heteroatoms. The second kappa shape index (κ2) is 8.03. The third kappa shape index (κ3) is 3.75. The lowest BCUT2D eigenvalue weighted by Crippen LogP contribution is -2.38. The van der Waals surface area contributed by atoms with Gasteiger partial charge in [-0.3, -0.25) is 9.59 Å². The molecule has 0 spiro atoms. The van der Waals surface area contributed by atoms with Crippen LogP contribution >= 0.6 is 0 Å². The van der Waals surface area contributed by atoms with Crippen LogP contribution in [0.15, 0.2) is 48.5 Å². The lowest BCUT2D eigenvalue weighted by atomic mass is 9.91. The molecule has 0 radical (unpaired) electrons. The van der Waals surface area contributed by atoms with Crippen molar-refractivity contribution in [3.63, 3.8) is 0 Å². The first-order valence-electron chi connectivity index (χ1n) is 11.1. The van der Waals surface area contributed by atoms with Crippen LogP contribution in [0, 0.1) is 0 Å². The quantitative estimate of drug-likeness (QED) is 0.583. The topological polar surface area (TPSA) is 80.6 Å². The van der Waals surface area contributed by atoms with E-state index in [-0.39, 0.29) is 17.2 Å². The van der Waals surface area contributed by atoms with Crippen molar-refractivity contribution in [2.24, 2.45) is 0 Å². The molecule has 5 rings (SSSR count). The SMILES string of the molecule is COc1ccc(-n2nnc3c2C(=O)N(c2ccc(C4(CC(=O)N(C)C)CC4)cc2)CC3)cc1. The number of aromatic nitrogens is 3. The van der Waals surface area contributed by atoms with Crippen molar-refractivity contribution in [2.75, 3.05) is 32.6 Å². The molecule has 0 N–H and O–H groups in total. The molecular formula is C25H27N5O3. The summed E-state index contributed by atoms with van der Waals surface area (Å²) in [5.41, 5.74) is 3.91. The van der Waals surface area contributed by atoms with E-state index < -0.39 is 0 Å². The van der Waals surface area contributed by atoms with Gasteiger partial charge in [0.25, 0.3) is 5.91 Å². The van der Waals surface area contributed by atoms with E-state index in [0.717, 1.165) is 35.5 Å². The number of hydrogen-bond acceptors (Lipinski definition) is 5. The monoisotopic (exact) mass is 445 g/mol. The molecule has 3 aromatic rings. The van der Waals surface area contributed by atoms with Gasteiger partial charge >= 0.3 is 0 Å². The fraction of sp³-hybridized carbons (Fsp3) is 0.360. The lowest BCUT2D eigenvalue weighted by Gasteiger charge is -2.27. The molecule has 0 unspecified atom stereocenters. The molecule has 0 saturated heterocycles. The molecule has 2 aromatic carbocycles. The number of nitrogens with zero attached hydrogens (tertiary/aromatic N) is 5. The summed E-state index contributed by atoms with van der Waals surface area (Å²) in [6, 6.07) is 15.5. The van der Waals surface area contributed by atoms with Crippen molar-refractivity contribution < 1.29 is 14.3 Å². The Morgan fingerprint density at radius 1 is 1.06 bits per heavy atom. The Labute approximate surface area is 192 Å². The van der Waals surface area contributed by atoms with Crippen molar-refractivity contribution >= 4 is 17.5 Å². The summed E-state index contributed by atoms with van der Waals surface area (Å²) in [6.07, 6.45) is 3.20. The zero-order valence-electron chi connectivity index (χ0n) is 19.1. The maximum absolute atomic E-state index is 13.5. The molecule has 2 amide bonds. The van der Waals surface area contributed by atoms with Crippen LogP contribution in [0.2, 0.25) is 0 Å². The first-order chi connectivity index (χ1) is 15.9. The van der Waals surface area contributed by atoms with Gasteiger partial charge in [-0.25, -0.2) is 4.68 Å². The Hall–Kier alpha value is -3.68. The van der Waals surface area contributed by atoms with Crippen molar-refractivity contribution in [1.82, 2.24) is 19.9 Å². The van der Waals surface area contributed by atoms with E-state index in [9.17, 15) is 9.59 Å². The number of ether oxygens (including phenoxy) is 1. The summed E-state index contributed by atoms with van der Waals surface area (Å²) >= 11 is 0. The average Bonchev–Trinajstić information content (AvgIpc) is 3.48. The van der Waals surface area contributed by atoms with E-state index >= 15 is 0 Å². The van der Waals surface area contributed by atoms with Crippen molar-refractivity contribution in [1.29, 1.82) is 0 Å². The van der Waals surface area contributed by atoms with Crippen LogP contribution in [0.25, 0.3) is 5.69 Å². The minimum atomic E-state index is -0.117. The van der Waals surface area contributed by atoms with Crippen molar-refractivity contribution in [3.8, 4) is 11.4 Å². The second-order valence-electron chi connectivity index (χ2n) is 8.99. The van der Waals surface area contributed by atoms with Gasteiger partial charge in [-0.05, 0) is 54.8 Å². The van der Waals surface area contributed by atoms with E-state index in [4.69, 9.17) is 4.74 Å². The molecule has 1 aromatic heterocycles. The smallest absolute Gasteiger partial charge is 0.278 e. The number of amides is 2. The summed E-state index contributed by atoms with van der Waals surface area (Å²) < 4.78 is 6.83. The predicted molar refractivity (Wildman–Crippen MR) is 124 cm³/mol. The Morgan fingerprint density at radius 3 is 2.33 bits per heavy atom. The highest BCUT2D eigenvalue weighted by molar-refractivity contribution is 6.07. The van der Waals surface area contributed by atoms with Crippen molar-refractivity contribution in [3.05, 3.63) is 65.5 Å². The molecule has 1 fully saturated rings. The Bertz CT molecular complexity index is 1190. The third-order valence-corrected chi connectivity index (χ3v) is 6.71. The Morgan fingerprint density at radius 2 is 1.73 bits per heavy atom. The zero-order valence-corrected chi connectivity index (χ0v) is 19.1. The Balaban J connectivity index is 1.39. The van der Waals surface area contributed by atoms with Crippen LogP contribution in [-0.4, -0.2) is 59.5 Å². The van der Waals surface area contributed by atoms with Gasteiger partial charge in [-0.15, -0.1) is 5.10 Å². The van der Waals surface area contributed by atoms with Gasteiger partial charge in [-0.1, -0.05) is 17.3 Å². The number of carbonyl (C=O) groups is 2. The van der Waals surface area contributed by atoms with Gasteiger partial charge < -0.3 is 14.5 Å². The molecule has 0 atom stereocenters. The summed E-state index contributed by atoms with van der Waals surface area (Å²) in [4.78, 5) is 29.1. The van der Waals surface area contributed by atoms with Crippen LogP contribution in [0.4, 0.5) is 5.69 Å². The fourth-order valence-corrected chi connectivity index (χ4v) is 4.45. The lowest BCUT2D eigenvalue weighted by molar-refractivity contribution is -0.129. The number of methoxy groups -OCH3 is 1. The summed E-state index contributed by atoms with van der Waals surface area (Å²) in [6.45, 7) is 0.552. The van der Waals surface area contributed by atoms with Gasteiger partial charge in [0.2, 0.25) is 5.91 Å². The molecule has 1 aliphatic carbocycles. The first-order valence-corrected chi connectivity index (χ1v) is 11.1. The van der Waals surface area contributed by atoms with E-state index in [1.54, 1.807) is 35.7 Å². The highest BCUT2D eigenvalue weighted by Crippen LogP contribution is 2.51. The molecular weight excluding hydrogens is 418 g/mol. The number of hydrogen-bond donors (Lipinski definition) is 0. The molecule has 8 nitrogen and oxygen atoms in total. The number of benzene rings is 2. The van der Waals surface area contributed by atoms with Crippen LogP contribution < -0.4 is 9.64 Å². The van der Waals surface area contributed by atoms with Gasteiger partial charge in [0.15, 0.2) is 5.69 Å². The molecule has 33 heavy (non-hydrogen) atoms. The third-order valence-electron chi connectivity index (χ3n) is 6.71. The van der Waals surface area contributed by atoms with Gasteiger partial charge in [0, 0.05) is 44.6 Å². The maximum atomic E-state index is 13.5. The zero-order chi connectivity index (χ0) is 23.2. The summed E-state index contributed by atoms with van der Waals surface area (Å²) in [5, 5.41) is 8.49. The number of fused-ring (bicyclic) bond motifs is 1. The van der Waals surface area contributed by atoms with Gasteiger partial charge in [-0.2, -0.15) is 0 Å². The van der Waals surface area contributed by atoms with Crippen molar-refractivity contribution in [2.45, 2.75) is 31.1 Å². The molecule has 1 saturated carbocycles. The summed E-state index contributed by atoms with van der Waals surface area (Å²) in [7, 11) is 5.21. The molecule has 1 aliphatic heterocycles. The average molecular weight is 446 g/mol.